The van der Waals surface area contributed by atoms with E-state index in [1.54, 1.807) is 30.4 Å². The van der Waals surface area contributed by atoms with E-state index in [2.05, 4.69) is 15.0 Å². The van der Waals surface area contributed by atoms with E-state index in [4.69, 9.17) is 0 Å². The summed E-state index contributed by atoms with van der Waals surface area (Å²) in [6.07, 6.45) is 5.08. The maximum atomic E-state index is 12.2. The lowest BCUT2D eigenvalue weighted by Gasteiger charge is -2.17. The van der Waals surface area contributed by atoms with Gasteiger partial charge in [0, 0.05) is 38.8 Å². The van der Waals surface area contributed by atoms with Gasteiger partial charge in [0.15, 0.2) is 0 Å². The zero-order valence-electron chi connectivity index (χ0n) is 14.1. The van der Waals surface area contributed by atoms with Crippen LogP contribution in [0.5, 0.6) is 0 Å². The van der Waals surface area contributed by atoms with E-state index in [1.807, 2.05) is 30.3 Å². The zero-order chi connectivity index (χ0) is 17.6. The standard InChI is InChI=1S/C19H20N4O2/c1-23(13-14-6-5-11-20-12-14)18(24)10-4-9-17-21-16-8-3-2-7-15(16)19(25)22-17/h2-3,5-8,11-12H,4,9-10,13H2,1H3,(H,21,22,25). The number of para-hydroxylation sites is 1. The highest BCUT2D eigenvalue weighted by atomic mass is 16.2. The van der Waals surface area contributed by atoms with Gasteiger partial charge in [-0.3, -0.25) is 14.6 Å². The SMILES string of the molecule is CN(Cc1cccnc1)C(=O)CCCc1nc2ccccc2c(=O)[nH]1. The van der Waals surface area contributed by atoms with Crippen molar-refractivity contribution in [3.63, 3.8) is 0 Å². The van der Waals surface area contributed by atoms with E-state index in [9.17, 15) is 9.59 Å². The Morgan fingerprint density at radius 2 is 2.04 bits per heavy atom. The van der Waals surface area contributed by atoms with Crippen LogP contribution in [0.4, 0.5) is 0 Å². The molecule has 6 nitrogen and oxygen atoms in total. The van der Waals surface area contributed by atoms with Crippen molar-refractivity contribution in [2.75, 3.05) is 7.05 Å². The summed E-state index contributed by atoms with van der Waals surface area (Å²) >= 11 is 0. The minimum atomic E-state index is -0.138. The molecule has 0 saturated carbocycles. The zero-order valence-corrected chi connectivity index (χ0v) is 14.1. The molecule has 0 unspecified atom stereocenters. The predicted molar refractivity (Wildman–Crippen MR) is 96.0 cm³/mol. The van der Waals surface area contributed by atoms with Crippen molar-refractivity contribution in [1.82, 2.24) is 19.9 Å². The second kappa shape index (κ2) is 7.70. The Morgan fingerprint density at radius 1 is 1.20 bits per heavy atom. The van der Waals surface area contributed by atoms with E-state index in [-0.39, 0.29) is 11.5 Å². The van der Waals surface area contributed by atoms with Gasteiger partial charge in [0.1, 0.15) is 5.82 Å². The summed E-state index contributed by atoms with van der Waals surface area (Å²) in [4.78, 5) is 37.3. The molecule has 1 N–H and O–H groups in total. The van der Waals surface area contributed by atoms with Gasteiger partial charge in [-0.15, -0.1) is 0 Å². The molecule has 25 heavy (non-hydrogen) atoms. The van der Waals surface area contributed by atoms with Crippen LogP contribution >= 0.6 is 0 Å². The molecule has 0 radical (unpaired) electrons. The van der Waals surface area contributed by atoms with Crippen LogP contribution in [-0.4, -0.2) is 32.8 Å². The minimum absolute atomic E-state index is 0.0620. The molecule has 3 aromatic rings. The van der Waals surface area contributed by atoms with E-state index >= 15 is 0 Å². The highest BCUT2D eigenvalue weighted by Crippen LogP contribution is 2.09. The second-order valence-corrected chi connectivity index (χ2v) is 5.99. The molecule has 0 aliphatic heterocycles. The van der Waals surface area contributed by atoms with Crippen molar-refractivity contribution >= 4 is 16.8 Å². The van der Waals surface area contributed by atoms with E-state index in [0.29, 0.717) is 42.5 Å². The van der Waals surface area contributed by atoms with Crippen LogP contribution in [0, 0.1) is 0 Å². The summed E-state index contributed by atoms with van der Waals surface area (Å²) in [6.45, 7) is 0.539. The molecule has 2 heterocycles. The fourth-order valence-electron chi connectivity index (χ4n) is 2.70. The number of aromatic nitrogens is 3. The Balaban J connectivity index is 1.55. The molecule has 6 heteroatoms. The Hall–Kier alpha value is -3.02. The first kappa shape index (κ1) is 16.8. The molecule has 128 valence electrons. The number of hydrogen-bond acceptors (Lipinski definition) is 4. The third-order valence-electron chi connectivity index (χ3n) is 4.03. The summed E-state index contributed by atoms with van der Waals surface area (Å²) in [7, 11) is 1.78. The minimum Gasteiger partial charge on any atom is -0.341 e. The van der Waals surface area contributed by atoms with Gasteiger partial charge in [0.05, 0.1) is 10.9 Å². The van der Waals surface area contributed by atoms with Crippen molar-refractivity contribution in [2.24, 2.45) is 0 Å². The van der Waals surface area contributed by atoms with Gasteiger partial charge in [-0.2, -0.15) is 0 Å². The third kappa shape index (κ3) is 4.29. The number of nitrogens with zero attached hydrogens (tertiary/aromatic N) is 3. The molecule has 0 bridgehead atoms. The topological polar surface area (TPSA) is 79.0 Å². The number of fused-ring (bicyclic) bond motifs is 1. The van der Waals surface area contributed by atoms with Gasteiger partial charge >= 0.3 is 0 Å². The van der Waals surface area contributed by atoms with Gasteiger partial charge in [0.25, 0.3) is 5.56 Å². The maximum Gasteiger partial charge on any atom is 0.258 e. The molecular formula is C19H20N4O2. The van der Waals surface area contributed by atoms with Crippen LogP contribution in [0.15, 0.2) is 53.6 Å². The quantitative estimate of drug-likeness (QED) is 0.749. The summed E-state index contributed by atoms with van der Waals surface area (Å²) in [6, 6.07) is 11.0. The summed E-state index contributed by atoms with van der Waals surface area (Å²) in [5.41, 5.74) is 1.54. The summed E-state index contributed by atoms with van der Waals surface area (Å²) in [5.74, 6) is 0.679. The Morgan fingerprint density at radius 3 is 2.84 bits per heavy atom. The number of H-pyrrole nitrogens is 1. The highest BCUT2D eigenvalue weighted by Gasteiger charge is 2.10. The Kier molecular flexibility index (Phi) is 5.18. The van der Waals surface area contributed by atoms with Gasteiger partial charge in [-0.25, -0.2) is 4.98 Å². The number of hydrogen-bond donors (Lipinski definition) is 1. The smallest absolute Gasteiger partial charge is 0.258 e. The third-order valence-corrected chi connectivity index (χ3v) is 4.03. The average molecular weight is 336 g/mol. The lowest BCUT2D eigenvalue weighted by Crippen LogP contribution is -2.26. The first-order chi connectivity index (χ1) is 12.1. The van der Waals surface area contributed by atoms with Crippen molar-refractivity contribution in [1.29, 1.82) is 0 Å². The Bertz CT molecular complexity index is 921. The molecule has 2 aromatic heterocycles. The summed E-state index contributed by atoms with van der Waals surface area (Å²) in [5, 5.41) is 0.582. The first-order valence-corrected chi connectivity index (χ1v) is 8.24. The van der Waals surface area contributed by atoms with Crippen LogP contribution in [-0.2, 0) is 17.8 Å². The molecule has 1 aromatic carbocycles. The number of aromatic amines is 1. The van der Waals surface area contributed by atoms with Crippen LogP contribution in [0.25, 0.3) is 10.9 Å². The highest BCUT2D eigenvalue weighted by molar-refractivity contribution is 5.77. The van der Waals surface area contributed by atoms with Crippen molar-refractivity contribution in [2.45, 2.75) is 25.8 Å². The maximum absolute atomic E-state index is 12.2. The lowest BCUT2D eigenvalue weighted by atomic mass is 10.2. The molecule has 0 spiro atoms. The number of aryl methyl sites for hydroxylation is 1. The van der Waals surface area contributed by atoms with Crippen molar-refractivity contribution in [3.8, 4) is 0 Å². The average Bonchev–Trinajstić information content (AvgIpc) is 2.62. The van der Waals surface area contributed by atoms with E-state index < -0.39 is 0 Å². The molecule has 0 aliphatic carbocycles. The van der Waals surface area contributed by atoms with Gasteiger partial charge < -0.3 is 9.88 Å². The van der Waals surface area contributed by atoms with Crippen LogP contribution in [0.2, 0.25) is 0 Å². The number of rotatable bonds is 6. The molecule has 3 rings (SSSR count). The number of carbonyl (C=O) groups is 1. The second-order valence-electron chi connectivity index (χ2n) is 5.99. The van der Waals surface area contributed by atoms with Crippen LogP contribution in [0.1, 0.15) is 24.2 Å². The molecule has 1 amide bonds. The van der Waals surface area contributed by atoms with Crippen molar-refractivity contribution < 1.29 is 4.79 Å². The number of benzene rings is 1. The predicted octanol–water partition coefficient (Wildman–Crippen LogP) is 2.30. The normalized spacial score (nSPS) is 10.8. The fourth-order valence-corrected chi connectivity index (χ4v) is 2.70. The van der Waals surface area contributed by atoms with Gasteiger partial charge in [0.2, 0.25) is 5.91 Å². The number of nitrogens with one attached hydrogen (secondary N) is 1. The number of pyridine rings is 1. The number of amides is 1. The van der Waals surface area contributed by atoms with Gasteiger partial charge in [-0.05, 0) is 30.2 Å². The molecule has 0 fully saturated rings. The number of carbonyl (C=O) groups excluding carboxylic acids is 1. The largest absolute Gasteiger partial charge is 0.341 e. The van der Waals surface area contributed by atoms with Crippen LogP contribution in [0.3, 0.4) is 0 Å². The van der Waals surface area contributed by atoms with Crippen molar-refractivity contribution in [3.05, 3.63) is 70.5 Å². The molecular weight excluding hydrogens is 316 g/mol. The molecule has 0 atom stereocenters. The van der Waals surface area contributed by atoms with E-state index in [0.717, 1.165) is 5.56 Å². The molecule has 0 saturated heterocycles. The fraction of sp³-hybridized carbons (Fsp3) is 0.263. The van der Waals surface area contributed by atoms with Gasteiger partial charge in [-0.1, -0.05) is 18.2 Å². The first-order valence-electron chi connectivity index (χ1n) is 8.24. The molecule has 0 aliphatic rings. The summed E-state index contributed by atoms with van der Waals surface area (Å²) < 4.78 is 0. The monoisotopic (exact) mass is 336 g/mol. The Labute approximate surface area is 145 Å². The van der Waals surface area contributed by atoms with E-state index in [1.165, 1.54) is 0 Å². The lowest BCUT2D eigenvalue weighted by molar-refractivity contribution is -0.130. The van der Waals surface area contributed by atoms with Crippen LogP contribution < -0.4 is 5.56 Å².